The molecule has 3 rings (SSSR count). The molecule has 1 N–H and O–H groups in total. The molecule has 7 heteroatoms. The summed E-state index contributed by atoms with van der Waals surface area (Å²) in [5, 5.41) is 0. The Balaban J connectivity index is 1.79. The zero-order valence-electron chi connectivity index (χ0n) is 20.3. The predicted octanol–water partition coefficient (Wildman–Crippen LogP) is 5.98. The third-order valence-electron chi connectivity index (χ3n) is 6.56. The monoisotopic (exact) mass is 472 g/mol. The highest BCUT2D eigenvalue weighted by atomic mass is 32.2. The molecule has 0 amide bonds. The van der Waals surface area contributed by atoms with Gasteiger partial charge >= 0.3 is 0 Å². The number of nitrogens with zero attached hydrogens (tertiary/aromatic N) is 1. The molecule has 0 aliphatic carbocycles. The van der Waals surface area contributed by atoms with Crippen LogP contribution in [-0.2, 0) is 23.0 Å². The van der Waals surface area contributed by atoms with Gasteiger partial charge in [-0.2, -0.15) is 0 Å². The number of rotatable bonds is 7. The van der Waals surface area contributed by atoms with E-state index in [1.54, 1.807) is 24.3 Å². The number of fused-ring (bicyclic) bond motifs is 1. The average molecular weight is 473 g/mol. The van der Waals surface area contributed by atoms with Crippen molar-refractivity contribution in [3.63, 3.8) is 0 Å². The van der Waals surface area contributed by atoms with E-state index in [0.717, 1.165) is 22.4 Å². The highest BCUT2D eigenvalue weighted by molar-refractivity contribution is 7.90. The summed E-state index contributed by atoms with van der Waals surface area (Å²) in [6.07, 6.45) is 0.460. The normalized spacial score (nSPS) is 14.5. The first-order valence-electron chi connectivity index (χ1n) is 11.4. The molecule has 1 heterocycles. The van der Waals surface area contributed by atoms with E-state index in [4.69, 9.17) is 4.43 Å². The molecule has 0 spiro atoms. The molecule has 1 aliphatic heterocycles. The number of hydrogen-bond donors (Lipinski definition) is 1. The van der Waals surface area contributed by atoms with E-state index in [-0.39, 0.29) is 4.90 Å². The maximum absolute atomic E-state index is 12.7. The van der Waals surface area contributed by atoms with Crippen molar-refractivity contribution < 1.29 is 12.8 Å². The van der Waals surface area contributed by atoms with Crippen LogP contribution in [0.5, 0.6) is 5.75 Å². The Labute approximate surface area is 194 Å². The van der Waals surface area contributed by atoms with E-state index in [1.165, 1.54) is 0 Å². The number of aliphatic imine (C=N–C) groups is 1. The molecule has 174 valence electrons. The largest absolute Gasteiger partial charge is 0.543 e. The minimum Gasteiger partial charge on any atom is -0.543 e. The Morgan fingerprint density at radius 3 is 2.06 bits per heavy atom. The van der Waals surface area contributed by atoms with Crippen molar-refractivity contribution >= 4 is 24.2 Å². The van der Waals surface area contributed by atoms with Crippen molar-refractivity contribution in [2.45, 2.75) is 83.0 Å². The third-order valence-corrected chi connectivity index (χ3v) is 14.0. The fourth-order valence-electron chi connectivity index (χ4n) is 4.96. The first-order chi connectivity index (χ1) is 15.0. The van der Waals surface area contributed by atoms with Crippen LogP contribution < -0.4 is 9.15 Å². The van der Waals surface area contributed by atoms with E-state index < -0.39 is 18.3 Å². The second-order valence-electron chi connectivity index (χ2n) is 9.71. The van der Waals surface area contributed by atoms with Gasteiger partial charge in [0.15, 0.2) is 0 Å². The van der Waals surface area contributed by atoms with Gasteiger partial charge in [0.25, 0.3) is 18.3 Å². The Bertz CT molecular complexity index is 1070. The number of benzene rings is 2. The van der Waals surface area contributed by atoms with Gasteiger partial charge in [0.1, 0.15) is 11.6 Å². The van der Waals surface area contributed by atoms with Crippen LogP contribution in [0.25, 0.3) is 0 Å². The van der Waals surface area contributed by atoms with Crippen molar-refractivity contribution in [3.05, 3.63) is 59.2 Å². The summed E-state index contributed by atoms with van der Waals surface area (Å²) in [6.45, 7) is 16.0. The Morgan fingerprint density at radius 1 is 0.906 bits per heavy atom. The standard InChI is InChI=1S/C25H36N2O3SSi/c1-17(2)32(18(3)4,19(5)6)30-23-11-10-21-15-25(26-16-22(21)14-23)27-31(28,29)24-12-8-20(7)9-13-24/h8-14,17-19H,15-16H2,1-7H3,(H,26,27). The lowest BCUT2D eigenvalue weighted by Crippen LogP contribution is -2.50. The lowest BCUT2D eigenvalue weighted by Gasteiger charge is -2.42. The molecule has 0 aromatic heterocycles. The molecule has 0 unspecified atom stereocenters. The molecule has 0 bridgehead atoms. The van der Waals surface area contributed by atoms with Crippen LogP contribution in [0, 0.1) is 6.92 Å². The van der Waals surface area contributed by atoms with E-state index in [0.29, 0.717) is 35.4 Å². The summed E-state index contributed by atoms with van der Waals surface area (Å²) < 4.78 is 34.9. The molecule has 0 radical (unpaired) electrons. The van der Waals surface area contributed by atoms with Gasteiger partial charge in [0.2, 0.25) is 0 Å². The van der Waals surface area contributed by atoms with E-state index in [1.807, 2.05) is 13.0 Å². The van der Waals surface area contributed by atoms with Gasteiger partial charge in [0, 0.05) is 6.42 Å². The summed E-state index contributed by atoms with van der Waals surface area (Å²) in [5.41, 5.74) is 4.70. The summed E-state index contributed by atoms with van der Waals surface area (Å²) in [5.74, 6) is 1.38. The van der Waals surface area contributed by atoms with Gasteiger partial charge in [-0.1, -0.05) is 65.3 Å². The first-order valence-corrected chi connectivity index (χ1v) is 15.0. The van der Waals surface area contributed by atoms with Crippen molar-refractivity contribution in [1.82, 2.24) is 4.72 Å². The fourth-order valence-corrected chi connectivity index (χ4v) is 11.3. The van der Waals surface area contributed by atoms with Crippen molar-refractivity contribution in [2.75, 3.05) is 0 Å². The van der Waals surface area contributed by atoms with Gasteiger partial charge in [-0.15, -0.1) is 0 Å². The number of aryl methyl sites for hydroxylation is 1. The van der Waals surface area contributed by atoms with Crippen molar-refractivity contribution in [1.29, 1.82) is 0 Å². The molecular weight excluding hydrogens is 436 g/mol. The molecule has 2 aromatic rings. The lowest BCUT2D eigenvalue weighted by molar-refractivity contribution is 0.479. The fraction of sp³-hybridized carbons (Fsp3) is 0.480. The second kappa shape index (κ2) is 9.39. The summed E-state index contributed by atoms with van der Waals surface area (Å²) in [6, 6.07) is 13.0. The number of hydrogen-bond acceptors (Lipinski definition) is 4. The molecule has 0 saturated carbocycles. The highest BCUT2D eigenvalue weighted by Crippen LogP contribution is 2.43. The smallest absolute Gasteiger partial charge is 0.262 e. The number of sulfonamides is 1. The summed E-state index contributed by atoms with van der Waals surface area (Å²) in [4.78, 5) is 4.77. The Hall–Kier alpha value is -2.12. The van der Waals surface area contributed by atoms with Gasteiger partial charge in [0.05, 0.1) is 11.4 Å². The third kappa shape index (κ3) is 4.94. The van der Waals surface area contributed by atoms with E-state index >= 15 is 0 Å². The minimum absolute atomic E-state index is 0.248. The minimum atomic E-state index is -3.64. The number of amidine groups is 1. The van der Waals surface area contributed by atoms with E-state index in [9.17, 15) is 8.42 Å². The first kappa shape index (κ1) is 24.5. The van der Waals surface area contributed by atoms with Gasteiger partial charge in [-0.25, -0.2) is 8.42 Å². The SMILES string of the molecule is Cc1ccc(S(=O)(=O)NC2=NCc3cc(O[Si](C(C)C)(C(C)C)C(C)C)ccc3C2)cc1. The van der Waals surface area contributed by atoms with Gasteiger partial charge < -0.3 is 4.43 Å². The predicted molar refractivity (Wildman–Crippen MR) is 134 cm³/mol. The molecule has 0 fully saturated rings. The zero-order valence-corrected chi connectivity index (χ0v) is 22.1. The summed E-state index contributed by atoms with van der Waals surface area (Å²) >= 11 is 0. The summed E-state index contributed by atoms with van der Waals surface area (Å²) in [7, 11) is -5.67. The van der Waals surface area contributed by atoms with Crippen molar-refractivity contribution in [3.8, 4) is 5.75 Å². The maximum atomic E-state index is 12.7. The molecule has 1 aliphatic rings. The quantitative estimate of drug-likeness (QED) is 0.504. The zero-order chi connectivity index (χ0) is 23.7. The molecule has 0 atom stereocenters. The Morgan fingerprint density at radius 2 is 1.50 bits per heavy atom. The van der Waals surface area contributed by atoms with E-state index in [2.05, 4.69) is 63.4 Å². The number of nitrogens with one attached hydrogen (secondary N) is 1. The highest BCUT2D eigenvalue weighted by Gasteiger charge is 2.47. The van der Waals surface area contributed by atoms with Crippen LogP contribution in [-0.4, -0.2) is 22.6 Å². The van der Waals surface area contributed by atoms with Gasteiger partial charge in [-0.05, 0) is 58.9 Å². The van der Waals surface area contributed by atoms with Crippen LogP contribution in [0.15, 0.2) is 52.4 Å². The van der Waals surface area contributed by atoms with Crippen LogP contribution >= 0.6 is 0 Å². The maximum Gasteiger partial charge on any atom is 0.262 e. The van der Waals surface area contributed by atoms with Crippen LogP contribution in [0.3, 0.4) is 0 Å². The van der Waals surface area contributed by atoms with Crippen LogP contribution in [0.4, 0.5) is 0 Å². The molecule has 32 heavy (non-hydrogen) atoms. The van der Waals surface area contributed by atoms with Crippen molar-refractivity contribution in [2.24, 2.45) is 4.99 Å². The van der Waals surface area contributed by atoms with Crippen LogP contribution in [0.2, 0.25) is 16.6 Å². The molecule has 0 saturated heterocycles. The van der Waals surface area contributed by atoms with Crippen LogP contribution in [0.1, 0.15) is 58.2 Å². The Kier molecular flexibility index (Phi) is 7.20. The lowest BCUT2D eigenvalue weighted by atomic mass is 10.0. The molecular formula is C25H36N2O3SSi. The molecule has 2 aromatic carbocycles. The van der Waals surface area contributed by atoms with Gasteiger partial charge in [-0.3, -0.25) is 9.71 Å². The molecule has 5 nitrogen and oxygen atoms in total. The average Bonchev–Trinajstić information content (AvgIpc) is 2.71. The topological polar surface area (TPSA) is 67.8 Å². The second-order valence-corrected chi connectivity index (χ2v) is 16.8.